The fraction of sp³-hybridized carbons (Fsp3) is 0.929. The summed E-state index contributed by atoms with van der Waals surface area (Å²) in [5, 5.41) is 0. The third-order valence-corrected chi connectivity index (χ3v) is 3.24. The average molecular weight is 316 g/mol. The molecule has 0 aromatic heterocycles. The summed E-state index contributed by atoms with van der Waals surface area (Å²) >= 11 is 5.44. The van der Waals surface area contributed by atoms with Crippen molar-refractivity contribution < 1.29 is 18.0 Å². The lowest BCUT2D eigenvalue weighted by Crippen LogP contribution is -2.40. The lowest BCUT2D eigenvalue weighted by atomic mass is 10.1. The van der Waals surface area contributed by atoms with Crippen LogP contribution in [0.2, 0.25) is 0 Å². The first-order valence-electron chi connectivity index (χ1n) is 7.31. The number of carbonyl (C=O) groups is 1. The zero-order valence-corrected chi connectivity index (χ0v) is 12.9. The monoisotopic (exact) mass is 315 g/mol. The summed E-state index contributed by atoms with van der Waals surface area (Å²) in [6.45, 7) is 0.899. The van der Waals surface area contributed by atoms with Crippen LogP contribution in [0.15, 0.2) is 0 Å². The molecule has 0 saturated heterocycles. The maximum absolute atomic E-state index is 12.3. The van der Waals surface area contributed by atoms with Crippen molar-refractivity contribution in [2.24, 2.45) is 0 Å². The number of hydrogen-bond acceptors (Lipinski definition) is 1. The second-order valence-electron chi connectivity index (χ2n) is 4.99. The van der Waals surface area contributed by atoms with E-state index in [0.717, 1.165) is 24.2 Å². The van der Waals surface area contributed by atoms with Crippen LogP contribution in [0.3, 0.4) is 0 Å². The first-order valence-corrected chi connectivity index (χ1v) is 7.84. The second kappa shape index (κ2) is 11.2. The highest BCUT2D eigenvalue weighted by Crippen LogP contribution is 2.18. The molecule has 6 heteroatoms. The van der Waals surface area contributed by atoms with Crippen molar-refractivity contribution >= 4 is 17.5 Å². The van der Waals surface area contributed by atoms with Crippen LogP contribution in [-0.2, 0) is 4.79 Å². The number of alkyl halides is 4. The fourth-order valence-corrected chi connectivity index (χ4v) is 2.21. The van der Waals surface area contributed by atoms with Crippen LogP contribution in [0.1, 0.15) is 58.3 Å². The summed E-state index contributed by atoms with van der Waals surface area (Å²) in [5.41, 5.74) is 0. The molecular weight excluding hydrogens is 291 g/mol. The Morgan fingerprint density at radius 3 is 2.10 bits per heavy atom. The molecule has 0 heterocycles. The fourth-order valence-electron chi connectivity index (χ4n) is 2.00. The van der Waals surface area contributed by atoms with Crippen LogP contribution in [0.25, 0.3) is 0 Å². The van der Waals surface area contributed by atoms with Gasteiger partial charge in [-0.25, -0.2) is 0 Å². The van der Waals surface area contributed by atoms with E-state index >= 15 is 0 Å². The summed E-state index contributed by atoms with van der Waals surface area (Å²) in [5.74, 6) is -0.421. The van der Waals surface area contributed by atoms with Crippen molar-refractivity contribution in [1.82, 2.24) is 4.90 Å². The van der Waals surface area contributed by atoms with Gasteiger partial charge in [-0.05, 0) is 6.42 Å². The molecule has 0 N–H and O–H groups in total. The Balaban J connectivity index is 3.84. The van der Waals surface area contributed by atoms with Gasteiger partial charge < -0.3 is 4.90 Å². The molecule has 0 aliphatic carbocycles. The van der Waals surface area contributed by atoms with Crippen molar-refractivity contribution in [1.29, 1.82) is 0 Å². The van der Waals surface area contributed by atoms with Gasteiger partial charge in [0.25, 0.3) is 0 Å². The first-order chi connectivity index (χ1) is 9.40. The molecule has 0 atom stereocenters. The van der Waals surface area contributed by atoms with Crippen molar-refractivity contribution in [3.8, 4) is 0 Å². The van der Waals surface area contributed by atoms with E-state index in [9.17, 15) is 18.0 Å². The molecule has 0 aromatic rings. The van der Waals surface area contributed by atoms with Crippen LogP contribution < -0.4 is 0 Å². The summed E-state index contributed by atoms with van der Waals surface area (Å²) in [4.78, 5) is 12.5. The highest BCUT2D eigenvalue weighted by atomic mass is 35.5. The molecule has 0 radical (unpaired) electrons. The molecule has 0 unspecified atom stereocenters. The van der Waals surface area contributed by atoms with Crippen molar-refractivity contribution in [3.05, 3.63) is 0 Å². The molecule has 20 heavy (non-hydrogen) atoms. The number of amides is 1. The quantitative estimate of drug-likeness (QED) is 0.398. The van der Waals surface area contributed by atoms with E-state index in [2.05, 4.69) is 6.92 Å². The summed E-state index contributed by atoms with van der Waals surface area (Å²) in [6.07, 6.45) is 3.15. The van der Waals surface area contributed by atoms with E-state index in [-0.39, 0.29) is 18.8 Å². The Hall–Kier alpha value is -0.450. The Labute approximate surface area is 124 Å². The van der Waals surface area contributed by atoms with Crippen molar-refractivity contribution in [2.75, 3.05) is 19.0 Å². The minimum Gasteiger partial charge on any atom is -0.332 e. The number of hydrogen-bond donors (Lipinski definition) is 0. The van der Waals surface area contributed by atoms with E-state index in [1.165, 1.54) is 19.3 Å². The zero-order valence-electron chi connectivity index (χ0n) is 12.1. The number of unbranched alkanes of at least 4 members (excludes halogenated alkanes) is 6. The molecule has 0 bridgehead atoms. The summed E-state index contributed by atoms with van der Waals surface area (Å²) < 4.78 is 36.9. The van der Waals surface area contributed by atoms with Gasteiger partial charge in [0, 0.05) is 18.8 Å². The maximum Gasteiger partial charge on any atom is 0.406 e. The lowest BCUT2D eigenvalue weighted by Gasteiger charge is -2.23. The van der Waals surface area contributed by atoms with E-state index < -0.39 is 18.6 Å². The standard InChI is InChI=1S/C14H25ClF3NO/c1-2-3-4-5-6-7-8-9-13(20)19(11-10-15)12-14(16,17)18/h2-12H2,1H3. The number of rotatable bonds is 11. The number of carbonyl (C=O) groups excluding carboxylic acids is 1. The van der Waals surface area contributed by atoms with Gasteiger partial charge in [0.1, 0.15) is 6.54 Å². The Morgan fingerprint density at radius 2 is 1.60 bits per heavy atom. The maximum atomic E-state index is 12.3. The molecule has 0 fully saturated rings. The zero-order chi connectivity index (χ0) is 15.4. The van der Waals surface area contributed by atoms with Gasteiger partial charge in [-0.1, -0.05) is 45.4 Å². The predicted molar refractivity (Wildman–Crippen MR) is 76.0 cm³/mol. The molecule has 0 saturated carbocycles. The Morgan fingerprint density at radius 1 is 1.05 bits per heavy atom. The largest absolute Gasteiger partial charge is 0.406 e. The molecule has 0 aliphatic rings. The highest BCUT2D eigenvalue weighted by Gasteiger charge is 2.32. The Kier molecular flexibility index (Phi) is 11.0. The SMILES string of the molecule is CCCCCCCCCC(=O)N(CCCl)CC(F)(F)F. The molecule has 2 nitrogen and oxygen atoms in total. The van der Waals surface area contributed by atoms with E-state index in [1.54, 1.807) is 0 Å². The van der Waals surface area contributed by atoms with Crippen LogP contribution >= 0.6 is 11.6 Å². The van der Waals surface area contributed by atoms with Gasteiger partial charge >= 0.3 is 6.18 Å². The van der Waals surface area contributed by atoms with E-state index in [1.807, 2.05) is 0 Å². The molecule has 1 amide bonds. The molecular formula is C14H25ClF3NO. The van der Waals surface area contributed by atoms with Gasteiger partial charge in [0.15, 0.2) is 0 Å². The van der Waals surface area contributed by atoms with Crippen LogP contribution in [-0.4, -0.2) is 36.0 Å². The molecule has 0 rings (SSSR count). The minimum atomic E-state index is -4.36. The van der Waals surface area contributed by atoms with Gasteiger partial charge in [-0.3, -0.25) is 4.79 Å². The Bertz CT molecular complexity index is 259. The topological polar surface area (TPSA) is 20.3 Å². The van der Waals surface area contributed by atoms with Crippen LogP contribution in [0.5, 0.6) is 0 Å². The second-order valence-corrected chi connectivity index (χ2v) is 5.37. The molecule has 0 aliphatic heterocycles. The number of nitrogens with zero attached hydrogens (tertiary/aromatic N) is 1. The summed E-state index contributed by atoms with van der Waals surface area (Å²) in [7, 11) is 0. The van der Waals surface area contributed by atoms with E-state index in [4.69, 9.17) is 11.6 Å². The third kappa shape index (κ3) is 11.4. The average Bonchev–Trinajstić information content (AvgIpc) is 2.35. The van der Waals surface area contributed by atoms with Gasteiger partial charge in [-0.2, -0.15) is 13.2 Å². The van der Waals surface area contributed by atoms with Gasteiger partial charge in [0.05, 0.1) is 0 Å². The van der Waals surface area contributed by atoms with Gasteiger partial charge in [0.2, 0.25) is 5.91 Å². The normalized spacial score (nSPS) is 11.7. The van der Waals surface area contributed by atoms with Crippen LogP contribution in [0.4, 0.5) is 13.2 Å². The smallest absolute Gasteiger partial charge is 0.332 e. The minimum absolute atomic E-state index is 0.0266. The molecule has 0 spiro atoms. The summed E-state index contributed by atoms with van der Waals surface area (Å²) in [6, 6.07) is 0. The predicted octanol–water partition coefficient (Wildman–Crippen LogP) is 4.76. The first kappa shape index (κ1) is 19.6. The lowest BCUT2D eigenvalue weighted by molar-refractivity contribution is -0.160. The van der Waals surface area contributed by atoms with E-state index in [0.29, 0.717) is 6.42 Å². The molecule has 0 aromatic carbocycles. The third-order valence-electron chi connectivity index (χ3n) is 3.07. The highest BCUT2D eigenvalue weighted by molar-refractivity contribution is 6.18. The number of halogens is 4. The van der Waals surface area contributed by atoms with Crippen LogP contribution in [0, 0.1) is 0 Å². The van der Waals surface area contributed by atoms with Gasteiger partial charge in [-0.15, -0.1) is 11.6 Å². The van der Waals surface area contributed by atoms with Crippen molar-refractivity contribution in [2.45, 2.75) is 64.5 Å². The van der Waals surface area contributed by atoms with Crippen molar-refractivity contribution in [3.63, 3.8) is 0 Å². The molecule has 120 valence electrons.